The van der Waals surface area contributed by atoms with Crippen molar-refractivity contribution in [3.05, 3.63) is 23.8 Å². The van der Waals surface area contributed by atoms with Crippen molar-refractivity contribution in [2.75, 3.05) is 5.32 Å². The van der Waals surface area contributed by atoms with E-state index in [4.69, 9.17) is 5.11 Å². The van der Waals surface area contributed by atoms with E-state index in [1.54, 1.807) is 5.32 Å². The van der Waals surface area contributed by atoms with Crippen LogP contribution in [0, 0.1) is 0 Å². The monoisotopic (exact) mass is 265 g/mol. The number of carboxylic acids is 1. The topological polar surface area (TPSA) is 66.4 Å². The standard InChI is InChI=1S/C9H6F3NO3S/c10-9(11,12)8(16)13-4-1-2-5(7(14)15)6(17)3-4/h1-3,17H,(H,13,16)(H,14,15). The van der Waals surface area contributed by atoms with E-state index in [0.717, 1.165) is 18.2 Å². The van der Waals surface area contributed by atoms with Crippen molar-refractivity contribution in [1.82, 2.24) is 0 Å². The number of aromatic carboxylic acids is 1. The molecule has 0 fully saturated rings. The molecule has 1 amide bonds. The number of carboxylic acid groups (broad SMARTS) is 1. The minimum absolute atomic E-state index is 0.0440. The van der Waals surface area contributed by atoms with Crippen LogP contribution < -0.4 is 5.32 Å². The van der Waals surface area contributed by atoms with E-state index < -0.39 is 18.1 Å². The first-order valence-electron chi connectivity index (χ1n) is 4.16. The molecule has 1 aromatic carbocycles. The third-order valence-corrected chi connectivity index (χ3v) is 2.11. The van der Waals surface area contributed by atoms with Crippen LogP contribution in [-0.2, 0) is 4.79 Å². The van der Waals surface area contributed by atoms with Gasteiger partial charge in [-0.3, -0.25) is 4.79 Å². The Kier molecular flexibility index (Phi) is 3.66. The molecule has 0 saturated carbocycles. The summed E-state index contributed by atoms with van der Waals surface area (Å²) in [6.07, 6.45) is -5.00. The third-order valence-electron chi connectivity index (χ3n) is 1.74. The van der Waals surface area contributed by atoms with E-state index >= 15 is 0 Å². The van der Waals surface area contributed by atoms with Gasteiger partial charge in [0.2, 0.25) is 0 Å². The van der Waals surface area contributed by atoms with Gasteiger partial charge in [-0.25, -0.2) is 4.79 Å². The molecule has 17 heavy (non-hydrogen) atoms. The summed E-state index contributed by atoms with van der Waals surface area (Å²) in [5.74, 6) is -3.39. The van der Waals surface area contributed by atoms with Crippen LogP contribution in [0.1, 0.15) is 10.4 Å². The van der Waals surface area contributed by atoms with Gasteiger partial charge in [-0.15, -0.1) is 12.6 Å². The van der Waals surface area contributed by atoms with Crippen molar-refractivity contribution in [3.63, 3.8) is 0 Å². The normalized spacial score (nSPS) is 11.1. The number of hydrogen-bond acceptors (Lipinski definition) is 3. The van der Waals surface area contributed by atoms with Gasteiger partial charge in [0.25, 0.3) is 0 Å². The lowest BCUT2D eigenvalue weighted by atomic mass is 10.2. The van der Waals surface area contributed by atoms with Crippen LogP contribution in [0.5, 0.6) is 0 Å². The van der Waals surface area contributed by atoms with Gasteiger partial charge in [-0.2, -0.15) is 13.2 Å². The number of anilines is 1. The van der Waals surface area contributed by atoms with Gasteiger partial charge in [0, 0.05) is 10.6 Å². The van der Waals surface area contributed by atoms with E-state index in [-0.39, 0.29) is 16.1 Å². The van der Waals surface area contributed by atoms with Crippen LogP contribution in [0.25, 0.3) is 0 Å². The molecule has 0 aliphatic rings. The summed E-state index contributed by atoms with van der Waals surface area (Å²) < 4.78 is 35.8. The number of alkyl halides is 3. The molecule has 8 heteroatoms. The summed E-state index contributed by atoms with van der Waals surface area (Å²) in [6.45, 7) is 0. The van der Waals surface area contributed by atoms with E-state index in [1.807, 2.05) is 0 Å². The summed E-state index contributed by atoms with van der Waals surface area (Å²) in [5, 5.41) is 10.2. The molecular weight excluding hydrogens is 259 g/mol. The van der Waals surface area contributed by atoms with Crippen LogP contribution in [0.3, 0.4) is 0 Å². The largest absolute Gasteiger partial charge is 0.478 e. The molecule has 1 aromatic rings. The highest BCUT2D eigenvalue weighted by atomic mass is 32.1. The minimum atomic E-state index is -5.00. The molecule has 0 aliphatic heterocycles. The average molecular weight is 265 g/mol. The summed E-state index contributed by atoms with van der Waals surface area (Å²) >= 11 is 3.79. The average Bonchev–Trinajstić information content (AvgIpc) is 2.15. The SMILES string of the molecule is O=C(O)c1ccc(NC(=O)C(F)(F)F)cc1S. The van der Waals surface area contributed by atoms with Gasteiger partial charge in [0.15, 0.2) is 0 Å². The van der Waals surface area contributed by atoms with Gasteiger partial charge >= 0.3 is 18.1 Å². The number of benzene rings is 1. The number of carbonyl (C=O) groups excluding carboxylic acids is 1. The Morgan fingerprint density at radius 3 is 2.29 bits per heavy atom. The van der Waals surface area contributed by atoms with Gasteiger partial charge < -0.3 is 10.4 Å². The molecule has 0 atom stereocenters. The van der Waals surface area contributed by atoms with Crippen LogP contribution >= 0.6 is 12.6 Å². The maximum Gasteiger partial charge on any atom is 0.471 e. The predicted molar refractivity (Wildman–Crippen MR) is 55.3 cm³/mol. The number of carbonyl (C=O) groups is 2. The molecule has 0 spiro atoms. The molecule has 2 N–H and O–H groups in total. The second kappa shape index (κ2) is 4.66. The van der Waals surface area contributed by atoms with E-state index in [1.165, 1.54) is 0 Å². The first-order chi connectivity index (χ1) is 7.71. The summed E-state index contributed by atoms with van der Waals surface area (Å²) in [6, 6.07) is 3.12. The molecule has 0 unspecified atom stereocenters. The summed E-state index contributed by atoms with van der Waals surface area (Å²) in [4.78, 5) is 21.1. The van der Waals surface area contributed by atoms with Gasteiger partial charge in [0.1, 0.15) is 0 Å². The smallest absolute Gasteiger partial charge is 0.471 e. The van der Waals surface area contributed by atoms with Crippen LogP contribution in [-0.4, -0.2) is 23.2 Å². The Hall–Kier alpha value is -1.70. The molecule has 0 heterocycles. The fraction of sp³-hybridized carbons (Fsp3) is 0.111. The number of thiol groups is 1. The molecule has 0 saturated heterocycles. The van der Waals surface area contributed by atoms with E-state index in [9.17, 15) is 22.8 Å². The van der Waals surface area contributed by atoms with Crippen molar-refractivity contribution in [2.24, 2.45) is 0 Å². The van der Waals surface area contributed by atoms with E-state index in [0.29, 0.717) is 0 Å². The fourth-order valence-electron chi connectivity index (χ4n) is 0.992. The van der Waals surface area contributed by atoms with Crippen LogP contribution in [0.15, 0.2) is 23.1 Å². The molecule has 0 radical (unpaired) electrons. The lowest BCUT2D eigenvalue weighted by Crippen LogP contribution is -2.29. The van der Waals surface area contributed by atoms with Crippen molar-refractivity contribution in [1.29, 1.82) is 0 Å². The quantitative estimate of drug-likeness (QED) is 0.718. The van der Waals surface area contributed by atoms with Crippen molar-refractivity contribution in [2.45, 2.75) is 11.1 Å². The molecule has 4 nitrogen and oxygen atoms in total. The molecule has 0 aromatic heterocycles. The number of nitrogens with one attached hydrogen (secondary N) is 1. The zero-order valence-corrected chi connectivity index (χ0v) is 8.97. The first kappa shape index (κ1) is 13.4. The maximum absolute atomic E-state index is 11.9. The fourth-order valence-corrected chi connectivity index (χ4v) is 1.30. The van der Waals surface area contributed by atoms with E-state index in [2.05, 4.69) is 12.6 Å². The van der Waals surface area contributed by atoms with Gasteiger partial charge in [-0.1, -0.05) is 0 Å². The minimum Gasteiger partial charge on any atom is -0.478 e. The highest BCUT2D eigenvalue weighted by Crippen LogP contribution is 2.22. The zero-order chi connectivity index (χ0) is 13.2. The molecular formula is C9H6F3NO3S. The number of rotatable bonds is 2. The number of amides is 1. The zero-order valence-electron chi connectivity index (χ0n) is 8.08. The lowest BCUT2D eigenvalue weighted by molar-refractivity contribution is -0.167. The Morgan fingerprint density at radius 1 is 1.29 bits per heavy atom. The second-order valence-electron chi connectivity index (χ2n) is 2.99. The highest BCUT2D eigenvalue weighted by Gasteiger charge is 2.38. The maximum atomic E-state index is 11.9. The summed E-state index contributed by atoms with van der Waals surface area (Å²) in [5.41, 5.74) is -0.347. The second-order valence-corrected chi connectivity index (χ2v) is 3.47. The Balaban J connectivity index is 2.92. The Labute approximate surface area is 98.8 Å². The highest BCUT2D eigenvalue weighted by molar-refractivity contribution is 7.80. The Bertz CT molecular complexity index is 473. The van der Waals surface area contributed by atoms with Crippen molar-refractivity contribution in [3.8, 4) is 0 Å². The van der Waals surface area contributed by atoms with Crippen molar-refractivity contribution >= 4 is 30.2 Å². The lowest BCUT2D eigenvalue weighted by Gasteiger charge is -2.09. The number of halogens is 3. The molecule has 0 aliphatic carbocycles. The number of hydrogen-bond donors (Lipinski definition) is 3. The Morgan fingerprint density at radius 2 is 1.88 bits per heavy atom. The van der Waals surface area contributed by atoms with Gasteiger partial charge in [-0.05, 0) is 18.2 Å². The molecule has 1 rings (SSSR count). The van der Waals surface area contributed by atoms with Crippen LogP contribution in [0.4, 0.5) is 18.9 Å². The van der Waals surface area contributed by atoms with Crippen LogP contribution in [0.2, 0.25) is 0 Å². The van der Waals surface area contributed by atoms with Crippen molar-refractivity contribution < 1.29 is 27.9 Å². The molecule has 92 valence electrons. The third kappa shape index (κ3) is 3.38. The predicted octanol–water partition coefficient (Wildman–Crippen LogP) is 2.17. The van der Waals surface area contributed by atoms with Gasteiger partial charge in [0.05, 0.1) is 5.56 Å². The summed E-state index contributed by atoms with van der Waals surface area (Å²) in [7, 11) is 0. The first-order valence-corrected chi connectivity index (χ1v) is 4.61. The molecule has 0 bridgehead atoms.